The van der Waals surface area contributed by atoms with Gasteiger partial charge in [-0.2, -0.15) is 0 Å². The molecule has 1 saturated heterocycles. The van der Waals surface area contributed by atoms with Crippen molar-refractivity contribution in [2.24, 2.45) is 4.99 Å². The van der Waals surface area contributed by atoms with Crippen molar-refractivity contribution in [1.82, 2.24) is 10.6 Å². The van der Waals surface area contributed by atoms with Gasteiger partial charge in [0.05, 0.1) is 11.5 Å². The zero-order chi connectivity index (χ0) is 14.2. The monoisotopic (exact) mass is 420 g/mol. The number of anilines is 1. The molecule has 0 atom stereocenters. The van der Waals surface area contributed by atoms with E-state index in [1.54, 1.807) is 0 Å². The van der Waals surface area contributed by atoms with Crippen LogP contribution in [0.3, 0.4) is 0 Å². The molecule has 0 unspecified atom stereocenters. The lowest BCUT2D eigenvalue weighted by Crippen LogP contribution is -2.48. The van der Waals surface area contributed by atoms with Gasteiger partial charge in [0.2, 0.25) is 0 Å². The molecule has 2 N–H and O–H groups in total. The molecule has 1 aromatic heterocycles. The number of guanidine groups is 1. The second-order valence-electron chi connectivity index (χ2n) is 4.87. The minimum atomic E-state index is 0. The Morgan fingerprint density at radius 2 is 2.29 bits per heavy atom. The summed E-state index contributed by atoms with van der Waals surface area (Å²) in [6, 6.07) is 4.83. The van der Waals surface area contributed by atoms with E-state index in [0.29, 0.717) is 12.6 Å². The first-order valence-corrected chi connectivity index (χ1v) is 8.15. The number of rotatable bonds is 5. The SMILES string of the molecule is C=CCN=C(NCC)NC1CCN(c2cccs2)CC1.I. The molecule has 0 aromatic carbocycles. The van der Waals surface area contributed by atoms with Gasteiger partial charge in [-0.05, 0) is 37.3 Å². The summed E-state index contributed by atoms with van der Waals surface area (Å²) in [7, 11) is 0. The maximum absolute atomic E-state index is 4.46. The molecule has 1 aromatic rings. The van der Waals surface area contributed by atoms with Crippen molar-refractivity contribution in [3.05, 3.63) is 30.2 Å². The molecule has 6 heteroatoms. The van der Waals surface area contributed by atoms with E-state index in [2.05, 4.69) is 51.5 Å². The molecule has 0 amide bonds. The highest BCUT2D eigenvalue weighted by atomic mass is 127. The van der Waals surface area contributed by atoms with Crippen LogP contribution in [0.4, 0.5) is 5.00 Å². The van der Waals surface area contributed by atoms with Gasteiger partial charge in [-0.25, -0.2) is 4.99 Å². The Kier molecular flexibility index (Phi) is 8.75. The number of nitrogens with one attached hydrogen (secondary N) is 2. The van der Waals surface area contributed by atoms with E-state index in [0.717, 1.165) is 38.4 Å². The van der Waals surface area contributed by atoms with Crippen molar-refractivity contribution in [2.45, 2.75) is 25.8 Å². The average Bonchev–Trinajstić information content (AvgIpc) is 3.00. The van der Waals surface area contributed by atoms with Crippen LogP contribution in [0.1, 0.15) is 19.8 Å². The molecular weight excluding hydrogens is 395 g/mol. The number of aliphatic imine (C=N–C) groups is 1. The number of hydrogen-bond donors (Lipinski definition) is 2. The fourth-order valence-electron chi connectivity index (χ4n) is 2.36. The maximum atomic E-state index is 4.46. The van der Waals surface area contributed by atoms with Crippen LogP contribution in [0.25, 0.3) is 0 Å². The minimum absolute atomic E-state index is 0. The minimum Gasteiger partial charge on any atom is -0.363 e. The van der Waals surface area contributed by atoms with Crippen molar-refractivity contribution >= 4 is 46.3 Å². The van der Waals surface area contributed by atoms with Crippen LogP contribution in [0.5, 0.6) is 0 Å². The molecule has 1 aliphatic heterocycles. The van der Waals surface area contributed by atoms with E-state index in [9.17, 15) is 0 Å². The van der Waals surface area contributed by atoms with Crippen molar-refractivity contribution in [2.75, 3.05) is 31.1 Å². The van der Waals surface area contributed by atoms with E-state index in [1.165, 1.54) is 5.00 Å². The van der Waals surface area contributed by atoms with E-state index in [-0.39, 0.29) is 24.0 Å². The van der Waals surface area contributed by atoms with Crippen molar-refractivity contribution in [3.8, 4) is 0 Å². The highest BCUT2D eigenvalue weighted by Crippen LogP contribution is 2.24. The molecule has 1 aliphatic rings. The van der Waals surface area contributed by atoms with E-state index in [1.807, 2.05) is 17.4 Å². The summed E-state index contributed by atoms with van der Waals surface area (Å²) in [5, 5.41) is 10.3. The summed E-state index contributed by atoms with van der Waals surface area (Å²) in [4.78, 5) is 6.93. The Morgan fingerprint density at radius 1 is 1.52 bits per heavy atom. The largest absolute Gasteiger partial charge is 0.363 e. The first kappa shape index (κ1) is 18.3. The number of nitrogens with zero attached hydrogens (tertiary/aromatic N) is 2. The van der Waals surface area contributed by atoms with Crippen LogP contribution in [-0.2, 0) is 0 Å². The zero-order valence-electron chi connectivity index (χ0n) is 12.5. The fourth-order valence-corrected chi connectivity index (χ4v) is 3.15. The molecule has 0 saturated carbocycles. The summed E-state index contributed by atoms with van der Waals surface area (Å²) >= 11 is 1.82. The Morgan fingerprint density at radius 3 is 2.86 bits per heavy atom. The summed E-state index contributed by atoms with van der Waals surface area (Å²) in [5.74, 6) is 0.905. The van der Waals surface area contributed by atoms with E-state index >= 15 is 0 Å². The Balaban J connectivity index is 0.00000220. The zero-order valence-corrected chi connectivity index (χ0v) is 15.7. The van der Waals surface area contributed by atoms with Gasteiger partial charge in [0.25, 0.3) is 0 Å². The van der Waals surface area contributed by atoms with Gasteiger partial charge in [0, 0.05) is 25.7 Å². The van der Waals surface area contributed by atoms with Gasteiger partial charge in [-0.1, -0.05) is 6.08 Å². The number of halogens is 1. The van der Waals surface area contributed by atoms with Crippen LogP contribution in [0.15, 0.2) is 35.2 Å². The van der Waals surface area contributed by atoms with Crippen molar-refractivity contribution in [1.29, 1.82) is 0 Å². The highest BCUT2D eigenvalue weighted by molar-refractivity contribution is 14.0. The molecule has 118 valence electrons. The predicted molar refractivity (Wildman–Crippen MR) is 104 cm³/mol. The van der Waals surface area contributed by atoms with Gasteiger partial charge in [0.15, 0.2) is 5.96 Å². The normalized spacial score (nSPS) is 16.2. The summed E-state index contributed by atoms with van der Waals surface area (Å²) in [5.41, 5.74) is 0. The number of thiophene rings is 1. The molecule has 0 bridgehead atoms. The standard InChI is InChI=1S/C15H24N4S.HI/c1-3-9-17-15(16-4-2)18-13-7-10-19(11-8-13)14-6-5-12-20-14;/h3,5-6,12-13H,1,4,7-11H2,2H3,(H2,16,17,18);1H. The molecule has 2 heterocycles. The molecular formula is C15H25IN4S. The Bertz CT molecular complexity index is 425. The third kappa shape index (κ3) is 5.86. The highest BCUT2D eigenvalue weighted by Gasteiger charge is 2.20. The van der Waals surface area contributed by atoms with Crippen LogP contribution >= 0.6 is 35.3 Å². The van der Waals surface area contributed by atoms with Gasteiger partial charge in [-0.15, -0.1) is 41.9 Å². The molecule has 1 fully saturated rings. The van der Waals surface area contributed by atoms with Gasteiger partial charge >= 0.3 is 0 Å². The topological polar surface area (TPSA) is 39.7 Å². The second kappa shape index (κ2) is 10.0. The fraction of sp³-hybridized carbons (Fsp3) is 0.533. The Labute approximate surface area is 148 Å². The van der Waals surface area contributed by atoms with Gasteiger partial charge < -0.3 is 15.5 Å². The average molecular weight is 420 g/mol. The molecule has 0 aliphatic carbocycles. The third-order valence-corrected chi connectivity index (χ3v) is 4.31. The molecule has 21 heavy (non-hydrogen) atoms. The number of hydrogen-bond acceptors (Lipinski definition) is 3. The summed E-state index contributed by atoms with van der Waals surface area (Å²) in [6.45, 7) is 9.56. The van der Waals surface area contributed by atoms with E-state index < -0.39 is 0 Å². The van der Waals surface area contributed by atoms with Crippen LogP contribution in [0, 0.1) is 0 Å². The number of piperidine rings is 1. The smallest absolute Gasteiger partial charge is 0.191 e. The lowest BCUT2D eigenvalue weighted by Gasteiger charge is -2.33. The molecule has 4 nitrogen and oxygen atoms in total. The van der Waals surface area contributed by atoms with Gasteiger partial charge in [0.1, 0.15) is 0 Å². The molecule has 0 spiro atoms. The quantitative estimate of drug-likeness (QED) is 0.333. The third-order valence-electron chi connectivity index (χ3n) is 3.38. The first-order chi connectivity index (χ1) is 9.83. The summed E-state index contributed by atoms with van der Waals surface area (Å²) < 4.78 is 0. The Hall–Kier alpha value is -0.760. The molecule has 2 rings (SSSR count). The van der Waals surface area contributed by atoms with Crippen LogP contribution < -0.4 is 15.5 Å². The predicted octanol–water partition coefficient (Wildman–Crippen LogP) is 3.08. The summed E-state index contributed by atoms with van der Waals surface area (Å²) in [6.07, 6.45) is 4.12. The molecule has 0 radical (unpaired) electrons. The van der Waals surface area contributed by atoms with Gasteiger partial charge in [-0.3, -0.25) is 0 Å². The van der Waals surface area contributed by atoms with Crippen LogP contribution in [-0.4, -0.2) is 38.2 Å². The van der Waals surface area contributed by atoms with Crippen molar-refractivity contribution in [3.63, 3.8) is 0 Å². The van der Waals surface area contributed by atoms with E-state index in [4.69, 9.17) is 0 Å². The second-order valence-corrected chi connectivity index (χ2v) is 5.79. The first-order valence-electron chi connectivity index (χ1n) is 7.27. The van der Waals surface area contributed by atoms with Crippen LogP contribution in [0.2, 0.25) is 0 Å². The van der Waals surface area contributed by atoms with Crippen molar-refractivity contribution < 1.29 is 0 Å². The maximum Gasteiger partial charge on any atom is 0.191 e. The lowest BCUT2D eigenvalue weighted by molar-refractivity contribution is 0.463. The lowest BCUT2D eigenvalue weighted by atomic mass is 10.1.